The molecule has 0 bridgehead atoms. The summed E-state index contributed by atoms with van der Waals surface area (Å²) >= 11 is 5.71. The summed E-state index contributed by atoms with van der Waals surface area (Å²) in [6.07, 6.45) is 7.03. The van der Waals surface area contributed by atoms with Crippen LogP contribution in [0, 0.1) is 0 Å². The van der Waals surface area contributed by atoms with Gasteiger partial charge in [-0.25, -0.2) is 9.78 Å². The molecule has 1 aromatic carbocycles. The number of carbonyl (C=O) groups is 1. The fraction of sp³-hybridized carbons (Fsp3) is 0.586. The van der Waals surface area contributed by atoms with Crippen LogP contribution in [-0.4, -0.2) is 61.7 Å². The Labute approximate surface area is 277 Å². The maximum atomic E-state index is 13.2. The smallest absolute Gasteiger partial charge is 0.365 e. The summed E-state index contributed by atoms with van der Waals surface area (Å²) in [6.45, 7) is 0.864. The molecule has 2 aliphatic carbocycles. The number of aromatic nitrogens is 4. The van der Waals surface area contributed by atoms with E-state index in [0.29, 0.717) is 43.7 Å². The van der Waals surface area contributed by atoms with Gasteiger partial charge < -0.3 is 31.2 Å². The van der Waals surface area contributed by atoms with Crippen molar-refractivity contribution >= 4 is 71.1 Å². The Balaban J connectivity index is 0.00000230. The van der Waals surface area contributed by atoms with Crippen LogP contribution in [0.5, 0.6) is 0 Å². The number of carbonyl (C=O) groups excluding carboxylic acids is 1. The third-order valence-corrected chi connectivity index (χ3v) is 9.22. The number of halogens is 6. The molecule has 45 heavy (non-hydrogen) atoms. The van der Waals surface area contributed by atoms with E-state index in [1.807, 2.05) is 6.33 Å². The molecule has 1 aliphatic heterocycles. The van der Waals surface area contributed by atoms with E-state index in [4.69, 9.17) is 32.3 Å². The molecule has 3 aromatic rings. The fourth-order valence-corrected chi connectivity index (χ4v) is 6.65. The highest BCUT2D eigenvalue weighted by Crippen LogP contribution is 2.37. The topological polar surface area (TPSA) is 126 Å². The molecule has 2 aromatic heterocycles. The van der Waals surface area contributed by atoms with Crippen molar-refractivity contribution < 1.29 is 18.0 Å². The van der Waals surface area contributed by atoms with E-state index < -0.39 is 22.8 Å². The summed E-state index contributed by atoms with van der Waals surface area (Å²) in [6, 6.07) is 3.83. The predicted molar refractivity (Wildman–Crippen MR) is 175 cm³/mol. The lowest BCUT2D eigenvalue weighted by Crippen LogP contribution is -2.44. The molecular formula is C29H39Cl3F3N9O. The summed E-state index contributed by atoms with van der Waals surface area (Å²) in [5, 5.41) is 9.27. The molecule has 16 heteroatoms. The second-order valence-electron chi connectivity index (χ2n) is 11.9. The van der Waals surface area contributed by atoms with Crippen LogP contribution in [0.25, 0.3) is 11.2 Å². The van der Waals surface area contributed by atoms with Gasteiger partial charge in [0.05, 0.1) is 16.9 Å². The highest BCUT2D eigenvalue weighted by Gasteiger charge is 2.34. The van der Waals surface area contributed by atoms with Gasteiger partial charge in [0, 0.05) is 42.9 Å². The maximum absolute atomic E-state index is 13.2. The van der Waals surface area contributed by atoms with E-state index in [1.165, 1.54) is 18.9 Å². The highest BCUT2D eigenvalue weighted by molar-refractivity contribution is 6.31. The number of likely N-dealkylation sites (tertiary alicyclic amines) is 1. The number of anilines is 3. The Kier molecular flexibility index (Phi) is 11.5. The minimum absolute atomic E-state index is 0. The summed E-state index contributed by atoms with van der Waals surface area (Å²) in [7, 11) is 0. The fourth-order valence-electron chi connectivity index (χ4n) is 6.42. The Hall–Kier alpha value is -2.74. The number of alkyl halides is 3. The van der Waals surface area contributed by atoms with Gasteiger partial charge in [0.15, 0.2) is 17.0 Å². The maximum Gasteiger partial charge on any atom is 0.417 e. The number of nitrogens with one attached hydrogen (secondary N) is 3. The van der Waals surface area contributed by atoms with Crippen molar-refractivity contribution in [2.75, 3.05) is 29.0 Å². The Morgan fingerprint density at radius 1 is 0.933 bits per heavy atom. The molecule has 5 N–H and O–H groups in total. The minimum Gasteiger partial charge on any atom is -0.365 e. The second-order valence-corrected chi connectivity index (χ2v) is 12.3. The monoisotopic (exact) mass is 691 g/mol. The van der Waals surface area contributed by atoms with Gasteiger partial charge in [0.2, 0.25) is 5.95 Å². The molecule has 2 saturated carbocycles. The molecule has 2 amide bonds. The first-order valence-electron chi connectivity index (χ1n) is 15.1. The van der Waals surface area contributed by atoms with Crippen molar-refractivity contribution in [2.24, 2.45) is 5.73 Å². The third-order valence-electron chi connectivity index (χ3n) is 8.89. The number of amides is 2. The van der Waals surface area contributed by atoms with Gasteiger partial charge in [-0.15, -0.1) is 24.8 Å². The van der Waals surface area contributed by atoms with Gasteiger partial charge in [-0.3, -0.25) is 0 Å². The molecule has 0 spiro atoms. The first kappa shape index (κ1) is 35.1. The number of fused-ring (bicyclic) bond motifs is 1. The van der Waals surface area contributed by atoms with Crippen LogP contribution >= 0.6 is 36.4 Å². The number of nitrogens with zero attached hydrogens (tertiary/aromatic N) is 5. The molecular weight excluding hydrogens is 654 g/mol. The average Bonchev–Trinajstić information content (AvgIpc) is 3.65. The van der Waals surface area contributed by atoms with Gasteiger partial charge in [-0.2, -0.15) is 23.1 Å². The lowest BCUT2D eigenvalue weighted by Gasteiger charge is -2.33. The average molecular weight is 693 g/mol. The predicted octanol–water partition coefficient (Wildman–Crippen LogP) is 7.25. The molecule has 0 atom stereocenters. The van der Waals surface area contributed by atoms with Crippen LogP contribution in [0.2, 0.25) is 5.02 Å². The summed E-state index contributed by atoms with van der Waals surface area (Å²) in [4.78, 5) is 29.0. The van der Waals surface area contributed by atoms with E-state index >= 15 is 0 Å². The van der Waals surface area contributed by atoms with Gasteiger partial charge in [-0.1, -0.05) is 24.4 Å². The number of hydrogen-bond acceptors (Lipinski definition) is 7. The van der Waals surface area contributed by atoms with Gasteiger partial charge in [0.1, 0.15) is 0 Å². The number of piperidine rings is 1. The van der Waals surface area contributed by atoms with Crippen molar-refractivity contribution in [1.29, 1.82) is 0 Å². The number of nitrogens with two attached hydrogens (primary N) is 1. The van der Waals surface area contributed by atoms with E-state index in [2.05, 4.69) is 20.5 Å². The van der Waals surface area contributed by atoms with Crippen molar-refractivity contribution in [3.8, 4) is 0 Å². The van der Waals surface area contributed by atoms with E-state index in [0.717, 1.165) is 61.8 Å². The van der Waals surface area contributed by atoms with Crippen molar-refractivity contribution in [1.82, 2.24) is 24.4 Å². The Bertz CT molecular complexity index is 1450. The number of rotatable bonds is 6. The Morgan fingerprint density at radius 3 is 2.27 bits per heavy atom. The second kappa shape index (κ2) is 14.8. The largest absolute Gasteiger partial charge is 0.417 e. The summed E-state index contributed by atoms with van der Waals surface area (Å²) in [5.74, 6) is 1.24. The Morgan fingerprint density at radius 2 is 1.60 bits per heavy atom. The first-order valence-corrected chi connectivity index (χ1v) is 15.5. The molecule has 3 heterocycles. The highest BCUT2D eigenvalue weighted by atomic mass is 35.5. The van der Waals surface area contributed by atoms with E-state index in [-0.39, 0.29) is 48.6 Å². The summed E-state index contributed by atoms with van der Waals surface area (Å²) in [5.41, 5.74) is 6.71. The molecule has 0 unspecified atom stereocenters. The minimum atomic E-state index is -4.61. The first-order chi connectivity index (χ1) is 20.6. The van der Waals surface area contributed by atoms with Gasteiger partial charge >= 0.3 is 12.2 Å². The number of benzene rings is 1. The van der Waals surface area contributed by atoms with Crippen molar-refractivity contribution in [3.63, 3.8) is 0 Å². The lowest BCUT2D eigenvalue weighted by atomic mass is 9.92. The standard InChI is InChI=1S/C29H37ClF3N9O.2ClH/c30-23-10-9-20(15-22(23)29(31,32)33)38-28(43)41-13-11-19(12-14-41)36-25-24-26(42(16-35-24)21-3-1-2-4-21)40-27(39-25)37-18-7-5-17(34)6-8-18;;/h9-10,15-19,21H,1-8,11-14,34H2,(H,38,43)(H2,36,37,39,40);2*1H. The van der Waals surface area contributed by atoms with Crippen LogP contribution in [0.3, 0.4) is 0 Å². The number of imidazole rings is 1. The molecule has 10 nitrogen and oxygen atoms in total. The molecule has 3 aliphatic rings. The molecule has 3 fully saturated rings. The molecule has 0 radical (unpaired) electrons. The quantitative estimate of drug-likeness (QED) is 0.215. The van der Waals surface area contributed by atoms with Crippen molar-refractivity contribution in [3.05, 3.63) is 35.1 Å². The van der Waals surface area contributed by atoms with Gasteiger partial charge in [-0.05, 0) is 69.6 Å². The van der Waals surface area contributed by atoms with Crippen LogP contribution in [0.4, 0.5) is 35.4 Å². The lowest BCUT2D eigenvalue weighted by molar-refractivity contribution is -0.137. The van der Waals surface area contributed by atoms with Crippen LogP contribution < -0.4 is 21.7 Å². The molecule has 248 valence electrons. The number of hydrogen-bond donors (Lipinski definition) is 4. The van der Waals surface area contributed by atoms with E-state index in [1.54, 1.807) is 4.90 Å². The van der Waals surface area contributed by atoms with E-state index in [9.17, 15) is 18.0 Å². The van der Waals surface area contributed by atoms with Crippen LogP contribution in [-0.2, 0) is 6.18 Å². The number of urea groups is 1. The third kappa shape index (κ3) is 8.16. The molecule has 6 rings (SSSR count). The van der Waals surface area contributed by atoms with Crippen LogP contribution in [0.15, 0.2) is 24.5 Å². The molecule has 1 saturated heterocycles. The van der Waals surface area contributed by atoms with Crippen LogP contribution in [0.1, 0.15) is 75.8 Å². The SMILES string of the molecule is Cl.Cl.NC1CCC(Nc2nc(NC3CCN(C(=O)Nc4ccc(Cl)c(C(F)(F)F)c4)CC3)c3ncn(C4CCCC4)c3n2)CC1. The normalized spacial score (nSPS) is 21.2. The zero-order chi connectivity index (χ0) is 30.1. The zero-order valence-corrected chi connectivity index (χ0v) is 27.0. The van der Waals surface area contributed by atoms with Crippen molar-refractivity contribution in [2.45, 2.75) is 94.6 Å². The van der Waals surface area contributed by atoms with Gasteiger partial charge in [0.25, 0.3) is 0 Å². The summed E-state index contributed by atoms with van der Waals surface area (Å²) < 4.78 is 41.9. The zero-order valence-electron chi connectivity index (χ0n) is 24.7.